The molecule has 4 nitrogen and oxygen atoms in total. The molecular weight excluding hydrogens is 401 g/mol. The number of ether oxygens (including phenoxy) is 1. The first-order chi connectivity index (χ1) is 13.2. The van der Waals surface area contributed by atoms with Crippen molar-refractivity contribution in [3.05, 3.63) is 88.0 Å². The van der Waals surface area contributed by atoms with Gasteiger partial charge in [0.05, 0.1) is 0 Å². The van der Waals surface area contributed by atoms with Crippen molar-refractivity contribution in [3.8, 4) is 5.88 Å². The van der Waals surface area contributed by atoms with Gasteiger partial charge in [0.1, 0.15) is 12.1 Å². The van der Waals surface area contributed by atoms with Crippen molar-refractivity contribution in [2.24, 2.45) is 0 Å². The first-order valence-corrected chi connectivity index (χ1v) is 10.0. The largest absolute Gasteiger partial charge is 0.470 e. The Morgan fingerprint density at radius 2 is 1.52 bits per heavy atom. The molecule has 0 radical (unpaired) electrons. The summed E-state index contributed by atoms with van der Waals surface area (Å²) in [4.78, 5) is 0. The van der Waals surface area contributed by atoms with Gasteiger partial charge in [-0.3, -0.25) is 4.40 Å². The van der Waals surface area contributed by atoms with Crippen molar-refractivity contribution in [1.29, 1.82) is 0 Å². The maximum absolute atomic E-state index is 5.94. The monoisotopic (exact) mass is 415 g/mol. The number of hydrogen-bond donors (Lipinski definition) is 0. The molecule has 0 aliphatic rings. The summed E-state index contributed by atoms with van der Waals surface area (Å²) in [6.45, 7) is 0.407. The summed E-state index contributed by atoms with van der Waals surface area (Å²) in [5.41, 5.74) is 3.08. The zero-order valence-electron chi connectivity index (χ0n) is 14.2. The molecule has 0 unspecified atom stereocenters. The maximum atomic E-state index is 5.94. The molecule has 0 fully saturated rings. The maximum Gasteiger partial charge on any atom is 0.258 e. The molecule has 0 N–H and O–H groups in total. The lowest BCUT2D eigenvalue weighted by Gasteiger charge is -2.09. The van der Waals surface area contributed by atoms with Crippen molar-refractivity contribution in [2.45, 2.75) is 17.5 Å². The van der Waals surface area contributed by atoms with Crippen molar-refractivity contribution in [1.82, 2.24) is 14.6 Å². The van der Waals surface area contributed by atoms with E-state index in [2.05, 4.69) is 10.2 Å². The number of benzene rings is 2. The Labute approximate surface area is 171 Å². The summed E-state index contributed by atoms with van der Waals surface area (Å²) >= 11 is 13.5. The number of halogens is 2. The molecule has 0 atom stereocenters. The third-order valence-corrected chi connectivity index (χ3v) is 5.49. The Kier molecular flexibility index (Phi) is 5.53. The summed E-state index contributed by atoms with van der Waals surface area (Å²) in [5.74, 6) is 1.29. The van der Waals surface area contributed by atoms with Crippen LogP contribution in [0.3, 0.4) is 0 Å². The molecule has 0 saturated heterocycles. The molecule has 7 heteroatoms. The van der Waals surface area contributed by atoms with E-state index in [1.165, 1.54) is 5.56 Å². The van der Waals surface area contributed by atoms with Crippen LogP contribution in [0.2, 0.25) is 10.0 Å². The van der Waals surface area contributed by atoms with Crippen LogP contribution in [0.5, 0.6) is 5.88 Å². The van der Waals surface area contributed by atoms with E-state index in [0.29, 0.717) is 17.5 Å². The second-order valence-electron chi connectivity index (χ2n) is 5.88. The molecule has 0 saturated carbocycles. The minimum absolute atomic E-state index is 0.407. The summed E-state index contributed by atoms with van der Waals surface area (Å²) < 4.78 is 7.86. The van der Waals surface area contributed by atoms with Gasteiger partial charge in [-0.1, -0.05) is 59.2 Å². The molecule has 136 valence electrons. The fraction of sp³-hybridized carbons (Fsp3) is 0.100. The molecule has 0 aliphatic carbocycles. The van der Waals surface area contributed by atoms with Gasteiger partial charge in [0, 0.05) is 22.0 Å². The lowest BCUT2D eigenvalue weighted by molar-refractivity contribution is 0.291. The molecule has 0 amide bonds. The van der Waals surface area contributed by atoms with Crippen LogP contribution in [-0.2, 0) is 12.4 Å². The highest BCUT2D eigenvalue weighted by Crippen LogP contribution is 2.26. The van der Waals surface area contributed by atoms with Gasteiger partial charge in [0.25, 0.3) is 5.88 Å². The fourth-order valence-electron chi connectivity index (χ4n) is 2.57. The Morgan fingerprint density at radius 3 is 2.22 bits per heavy atom. The van der Waals surface area contributed by atoms with Crippen LogP contribution < -0.4 is 4.74 Å². The van der Waals surface area contributed by atoms with Gasteiger partial charge in [-0.15, -0.1) is 10.2 Å². The van der Waals surface area contributed by atoms with Crippen LogP contribution in [0.25, 0.3) is 5.52 Å². The predicted molar refractivity (Wildman–Crippen MR) is 110 cm³/mol. The number of fused-ring (bicyclic) bond motifs is 1. The fourth-order valence-corrected chi connectivity index (χ4v) is 3.71. The van der Waals surface area contributed by atoms with E-state index in [4.69, 9.17) is 27.9 Å². The Bertz CT molecular complexity index is 966. The smallest absolute Gasteiger partial charge is 0.258 e. The molecule has 2 aromatic heterocycles. The molecule has 4 aromatic rings. The number of thioether (sulfide) groups is 1. The van der Waals surface area contributed by atoms with E-state index in [1.807, 2.05) is 71.3 Å². The Morgan fingerprint density at radius 1 is 0.852 bits per heavy atom. The topological polar surface area (TPSA) is 39.4 Å². The van der Waals surface area contributed by atoms with Crippen LogP contribution >= 0.6 is 35.0 Å². The van der Waals surface area contributed by atoms with E-state index in [-0.39, 0.29) is 0 Å². The van der Waals surface area contributed by atoms with Crippen LogP contribution in [0.1, 0.15) is 11.1 Å². The number of nitrogens with zero attached hydrogens (tertiary/aromatic N) is 3. The lowest BCUT2D eigenvalue weighted by Crippen LogP contribution is -2.03. The molecule has 27 heavy (non-hydrogen) atoms. The van der Waals surface area contributed by atoms with Crippen molar-refractivity contribution < 1.29 is 4.74 Å². The predicted octanol–water partition coefficient (Wildman–Crippen LogP) is 5.91. The summed E-state index contributed by atoms with van der Waals surface area (Å²) in [6.07, 6.45) is 1.96. The highest BCUT2D eigenvalue weighted by molar-refractivity contribution is 7.98. The molecule has 4 rings (SSSR count). The van der Waals surface area contributed by atoms with E-state index < -0.39 is 0 Å². The van der Waals surface area contributed by atoms with E-state index >= 15 is 0 Å². The van der Waals surface area contributed by atoms with Crippen LogP contribution in [0.4, 0.5) is 0 Å². The summed E-state index contributed by atoms with van der Waals surface area (Å²) in [6, 6.07) is 19.3. The van der Waals surface area contributed by atoms with E-state index in [9.17, 15) is 0 Å². The standard InChI is InChI=1S/C20H15Cl2N3OS/c21-16-7-3-14(4-8-16)12-26-19-18-2-1-11-25(18)20(24-23-19)27-13-15-5-9-17(22)10-6-15/h1-11H,12-13H2. The van der Waals surface area contributed by atoms with Crippen LogP contribution in [0.15, 0.2) is 72.0 Å². The van der Waals surface area contributed by atoms with Crippen LogP contribution in [-0.4, -0.2) is 14.6 Å². The van der Waals surface area contributed by atoms with Crippen LogP contribution in [0, 0.1) is 0 Å². The zero-order valence-corrected chi connectivity index (χ0v) is 16.5. The van der Waals surface area contributed by atoms with Gasteiger partial charge in [-0.2, -0.15) is 0 Å². The van der Waals surface area contributed by atoms with Gasteiger partial charge in [-0.25, -0.2) is 0 Å². The van der Waals surface area contributed by atoms with Crippen molar-refractivity contribution >= 4 is 40.5 Å². The summed E-state index contributed by atoms with van der Waals surface area (Å²) in [5, 5.41) is 10.9. The Hall–Kier alpha value is -2.21. The lowest BCUT2D eigenvalue weighted by atomic mass is 10.2. The number of aromatic nitrogens is 3. The molecule has 0 spiro atoms. The second kappa shape index (κ2) is 8.21. The third kappa shape index (κ3) is 4.38. The van der Waals surface area contributed by atoms with Crippen molar-refractivity contribution in [3.63, 3.8) is 0 Å². The minimum atomic E-state index is 0.407. The second-order valence-corrected chi connectivity index (χ2v) is 7.70. The SMILES string of the molecule is Clc1ccc(COc2nnc(SCc3ccc(Cl)cc3)n3cccc23)cc1. The average molecular weight is 416 g/mol. The van der Waals surface area contributed by atoms with E-state index in [1.54, 1.807) is 11.8 Å². The van der Waals surface area contributed by atoms with Gasteiger partial charge >= 0.3 is 0 Å². The van der Waals surface area contributed by atoms with Gasteiger partial charge < -0.3 is 4.74 Å². The van der Waals surface area contributed by atoms with Crippen molar-refractivity contribution in [2.75, 3.05) is 0 Å². The van der Waals surface area contributed by atoms with Gasteiger partial charge in [0.15, 0.2) is 5.16 Å². The summed E-state index contributed by atoms with van der Waals surface area (Å²) in [7, 11) is 0. The normalized spacial score (nSPS) is 11.0. The quantitative estimate of drug-likeness (QED) is 0.367. The highest BCUT2D eigenvalue weighted by atomic mass is 35.5. The molecular formula is C20H15Cl2N3OS. The highest BCUT2D eigenvalue weighted by Gasteiger charge is 2.11. The first kappa shape index (κ1) is 18.2. The molecule has 2 heterocycles. The number of hydrogen-bond acceptors (Lipinski definition) is 4. The third-order valence-electron chi connectivity index (χ3n) is 3.97. The zero-order chi connectivity index (χ0) is 18.6. The average Bonchev–Trinajstić information content (AvgIpc) is 3.18. The minimum Gasteiger partial charge on any atom is -0.470 e. The van der Waals surface area contributed by atoms with Gasteiger partial charge in [0.2, 0.25) is 0 Å². The first-order valence-electron chi connectivity index (χ1n) is 8.27. The number of rotatable bonds is 6. The van der Waals surface area contributed by atoms with E-state index in [0.717, 1.165) is 27.0 Å². The molecule has 2 aromatic carbocycles. The Balaban J connectivity index is 1.49. The van der Waals surface area contributed by atoms with Gasteiger partial charge in [-0.05, 0) is 47.5 Å². The molecule has 0 aliphatic heterocycles. The molecule has 0 bridgehead atoms.